The second-order valence-corrected chi connectivity index (χ2v) is 4.58. The maximum atomic E-state index is 10.9. The van der Waals surface area contributed by atoms with Gasteiger partial charge >= 0.3 is 0 Å². The van der Waals surface area contributed by atoms with Crippen molar-refractivity contribution in [2.75, 3.05) is 13.1 Å². The van der Waals surface area contributed by atoms with E-state index in [1.807, 2.05) is 12.1 Å². The van der Waals surface area contributed by atoms with Crippen LogP contribution >= 0.6 is 0 Å². The first kappa shape index (κ1) is 12.0. The largest absolute Gasteiger partial charge is 0.299 e. The van der Waals surface area contributed by atoms with Crippen LogP contribution in [0.2, 0.25) is 0 Å². The van der Waals surface area contributed by atoms with Gasteiger partial charge in [0.25, 0.3) is 5.69 Å². The SMILES string of the molecule is O=[N+]([O-])c1ccccc1CN1CCCCCC1. The number of hydrogen-bond donors (Lipinski definition) is 0. The van der Waals surface area contributed by atoms with E-state index in [2.05, 4.69) is 4.90 Å². The van der Waals surface area contributed by atoms with Crippen LogP contribution in [-0.2, 0) is 6.54 Å². The first-order chi connectivity index (χ1) is 8.27. The van der Waals surface area contributed by atoms with Crippen molar-refractivity contribution in [1.29, 1.82) is 0 Å². The van der Waals surface area contributed by atoms with Crippen LogP contribution in [0.15, 0.2) is 24.3 Å². The Labute approximate surface area is 101 Å². The summed E-state index contributed by atoms with van der Waals surface area (Å²) in [4.78, 5) is 13.0. The average molecular weight is 234 g/mol. The molecule has 0 aliphatic carbocycles. The zero-order chi connectivity index (χ0) is 12.1. The molecule has 0 amide bonds. The molecule has 1 aliphatic rings. The van der Waals surface area contributed by atoms with Crippen LogP contribution in [0, 0.1) is 10.1 Å². The van der Waals surface area contributed by atoms with E-state index in [4.69, 9.17) is 0 Å². The molecule has 1 aromatic carbocycles. The molecule has 0 N–H and O–H groups in total. The van der Waals surface area contributed by atoms with Crippen LogP contribution in [-0.4, -0.2) is 22.9 Å². The lowest BCUT2D eigenvalue weighted by atomic mass is 10.1. The van der Waals surface area contributed by atoms with E-state index >= 15 is 0 Å². The molecule has 17 heavy (non-hydrogen) atoms. The summed E-state index contributed by atoms with van der Waals surface area (Å²) >= 11 is 0. The normalized spacial score (nSPS) is 17.6. The van der Waals surface area contributed by atoms with Crippen molar-refractivity contribution in [2.24, 2.45) is 0 Å². The highest BCUT2D eigenvalue weighted by Gasteiger charge is 2.16. The van der Waals surface area contributed by atoms with Gasteiger partial charge in [-0.15, -0.1) is 0 Å². The van der Waals surface area contributed by atoms with Gasteiger partial charge in [0.2, 0.25) is 0 Å². The Kier molecular flexibility index (Phi) is 4.09. The molecule has 0 unspecified atom stereocenters. The first-order valence-corrected chi connectivity index (χ1v) is 6.22. The maximum absolute atomic E-state index is 10.9. The van der Waals surface area contributed by atoms with Crippen molar-refractivity contribution in [3.8, 4) is 0 Å². The van der Waals surface area contributed by atoms with Gasteiger partial charge in [-0.3, -0.25) is 15.0 Å². The molecule has 0 spiro atoms. The van der Waals surface area contributed by atoms with Crippen LogP contribution in [0.25, 0.3) is 0 Å². The summed E-state index contributed by atoms with van der Waals surface area (Å²) < 4.78 is 0. The zero-order valence-corrected chi connectivity index (χ0v) is 9.97. The monoisotopic (exact) mass is 234 g/mol. The summed E-state index contributed by atoms with van der Waals surface area (Å²) in [6, 6.07) is 7.06. The number of nitro groups is 1. The third kappa shape index (κ3) is 3.27. The third-order valence-electron chi connectivity index (χ3n) is 3.28. The molecular weight excluding hydrogens is 216 g/mol. The van der Waals surface area contributed by atoms with Gasteiger partial charge in [-0.2, -0.15) is 0 Å². The molecule has 0 saturated carbocycles. The number of likely N-dealkylation sites (tertiary alicyclic amines) is 1. The number of nitrogens with zero attached hydrogens (tertiary/aromatic N) is 2. The minimum atomic E-state index is -0.285. The molecule has 92 valence electrons. The Bertz CT molecular complexity index is 385. The second kappa shape index (κ2) is 5.77. The highest BCUT2D eigenvalue weighted by molar-refractivity contribution is 5.39. The minimum absolute atomic E-state index is 0.247. The lowest BCUT2D eigenvalue weighted by Gasteiger charge is -2.19. The summed E-state index contributed by atoms with van der Waals surface area (Å²) in [5.41, 5.74) is 1.08. The molecule has 1 fully saturated rings. The quantitative estimate of drug-likeness (QED) is 0.596. The van der Waals surface area contributed by atoms with E-state index < -0.39 is 0 Å². The van der Waals surface area contributed by atoms with E-state index in [1.165, 1.54) is 25.7 Å². The van der Waals surface area contributed by atoms with Crippen LogP contribution in [0.1, 0.15) is 31.2 Å². The molecule has 4 nitrogen and oxygen atoms in total. The average Bonchev–Trinajstić information content (AvgIpc) is 2.58. The molecular formula is C13H18N2O2. The predicted molar refractivity (Wildman–Crippen MR) is 66.8 cm³/mol. The van der Waals surface area contributed by atoms with E-state index in [0.717, 1.165) is 18.7 Å². The van der Waals surface area contributed by atoms with E-state index in [9.17, 15) is 10.1 Å². The summed E-state index contributed by atoms with van der Waals surface area (Å²) in [7, 11) is 0. The van der Waals surface area contributed by atoms with E-state index in [0.29, 0.717) is 6.54 Å². The van der Waals surface area contributed by atoms with Gasteiger partial charge < -0.3 is 0 Å². The highest BCUT2D eigenvalue weighted by atomic mass is 16.6. The zero-order valence-electron chi connectivity index (χ0n) is 9.97. The van der Waals surface area contributed by atoms with Crippen molar-refractivity contribution < 1.29 is 4.92 Å². The Morgan fingerprint density at radius 3 is 2.41 bits per heavy atom. The van der Waals surface area contributed by atoms with Crippen LogP contribution in [0.3, 0.4) is 0 Å². The topological polar surface area (TPSA) is 46.4 Å². The first-order valence-electron chi connectivity index (χ1n) is 6.22. The molecule has 2 rings (SSSR count). The Hall–Kier alpha value is -1.42. The Morgan fingerprint density at radius 1 is 1.12 bits per heavy atom. The molecule has 1 saturated heterocycles. The number of rotatable bonds is 3. The standard InChI is InChI=1S/C13H18N2O2/c16-15(17)13-8-4-3-7-12(13)11-14-9-5-1-2-6-10-14/h3-4,7-8H,1-2,5-6,9-11H2. The van der Waals surface area contributed by atoms with Gasteiger partial charge in [-0.1, -0.05) is 31.0 Å². The summed E-state index contributed by atoms with van der Waals surface area (Å²) in [6.45, 7) is 2.83. The molecule has 1 heterocycles. The molecule has 0 atom stereocenters. The third-order valence-corrected chi connectivity index (χ3v) is 3.28. The smallest absolute Gasteiger partial charge is 0.273 e. The van der Waals surface area contributed by atoms with Crippen molar-refractivity contribution >= 4 is 5.69 Å². The maximum Gasteiger partial charge on any atom is 0.273 e. The van der Waals surface area contributed by atoms with Gasteiger partial charge in [0.05, 0.1) is 4.92 Å². The molecule has 4 heteroatoms. The molecule has 0 aromatic heterocycles. The van der Waals surface area contributed by atoms with Gasteiger partial charge in [-0.25, -0.2) is 0 Å². The fraction of sp³-hybridized carbons (Fsp3) is 0.538. The summed E-state index contributed by atoms with van der Waals surface area (Å²) in [5, 5.41) is 10.9. The van der Waals surface area contributed by atoms with Gasteiger partial charge in [-0.05, 0) is 25.9 Å². The van der Waals surface area contributed by atoms with Crippen molar-refractivity contribution in [3.63, 3.8) is 0 Å². The fourth-order valence-corrected chi connectivity index (χ4v) is 2.36. The lowest BCUT2D eigenvalue weighted by molar-refractivity contribution is -0.385. The van der Waals surface area contributed by atoms with Crippen LogP contribution < -0.4 is 0 Å². The second-order valence-electron chi connectivity index (χ2n) is 4.58. The van der Waals surface area contributed by atoms with Gasteiger partial charge in [0.15, 0.2) is 0 Å². The van der Waals surface area contributed by atoms with Crippen LogP contribution in [0.4, 0.5) is 5.69 Å². The number of hydrogen-bond acceptors (Lipinski definition) is 3. The Morgan fingerprint density at radius 2 is 1.76 bits per heavy atom. The molecule has 1 aliphatic heterocycles. The molecule has 1 aromatic rings. The lowest BCUT2D eigenvalue weighted by Crippen LogP contribution is -2.24. The van der Waals surface area contributed by atoms with Crippen LogP contribution in [0.5, 0.6) is 0 Å². The minimum Gasteiger partial charge on any atom is -0.299 e. The Balaban J connectivity index is 2.09. The van der Waals surface area contributed by atoms with E-state index in [-0.39, 0.29) is 10.6 Å². The van der Waals surface area contributed by atoms with Gasteiger partial charge in [0.1, 0.15) is 0 Å². The fourth-order valence-electron chi connectivity index (χ4n) is 2.36. The van der Waals surface area contributed by atoms with Crippen molar-refractivity contribution in [1.82, 2.24) is 4.90 Å². The van der Waals surface area contributed by atoms with E-state index in [1.54, 1.807) is 12.1 Å². The predicted octanol–water partition coefficient (Wildman–Crippen LogP) is 2.97. The number of nitro benzene ring substituents is 1. The number of para-hydroxylation sites is 1. The highest BCUT2D eigenvalue weighted by Crippen LogP contribution is 2.21. The van der Waals surface area contributed by atoms with Crippen molar-refractivity contribution in [2.45, 2.75) is 32.2 Å². The van der Waals surface area contributed by atoms with Gasteiger partial charge in [0, 0.05) is 18.2 Å². The molecule has 0 radical (unpaired) electrons. The summed E-state index contributed by atoms with van der Waals surface area (Å²) in [5.74, 6) is 0. The molecule has 0 bridgehead atoms. The number of benzene rings is 1. The summed E-state index contributed by atoms with van der Waals surface area (Å²) in [6.07, 6.45) is 4.99. The van der Waals surface area contributed by atoms with Crippen molar-refractivity contribution in [3.05, 3.63) is 39.9 Å².